The normalized spacial score (nSPS) is 11.4. The molecule has 0 aromatic heterocycles. The molecule has 8 heteroatoms. The van der Waals surface area contributed by atoms with Crippen molar-refractivity contribution in [2.45, 2.75) is 13.5 Å². The Hall–Kier alpha value is -0.700. The lowest BCUT2D eigenvalue weighted by Gasteiger charge is -2.21. The fourth-order valence-corrected chi connectivity index (χ4v) is 3.01. The van der Waals surface area contributed by atoms with Crippen LogP contribution in [0.5, 0.6) is 0 Å². The summed E-state index contributed by atoms with van der Waals surface area (Å²) in [5, 5.41) is 3.10. The molecule has 22 heavy (non-hydrogen) atoms. The van der Waals surface area contributed by atoms with Gasteiger partial charge in [-0.05, 0) is 5.56 Å². The van der Waals surface area contributed by atoms with Gasteiger partial charge in [0.25, 0.3) is 10.2 Å². The summed E-state index contributed by atoms with van der Waals surface area (Å²) in [6.45, 7) is 4.90. The second-order valence-corrected chi connectivity index (χ2v) is 6.31. The van der Waals surface area contributed by atoms with Crippen LogP contribution in [0.25, 0.3) is 0 Å². The molecule has 1 aromatic carbocycles. The minimum absolute atomic E-state index is 0. The van der Waals surface area contributed by atoms with Gasteiger partial charge in [0, 0.05) is 39.8 Å². The van der Waals surface area contributed by atoms with E-state index < -0.39 is 10.2 Å². The summed E-state index contributed by atoms with van der Waals surface area (Å²) in [4.78, 5) is 0. The summed E-state index contributed by atoms with van der Waals surface area (Å²) < 4.78 is 33.4. The lowest BCUT2D eigenvalue weighted by Crippen LogP contribution is -2.42. The standard InChI is InChI=1S/C14H25N3O3S.ClH/c1-3-17(13-14-7-5-4-6-8-14)21(18,19)16-10-9-15-11-12-20-2;/h4-8,15-16H,3,9-13H2,1-2H3;1H. The van der Waals surface area contributed by atoms with Gasteiger partial charge in [0.15, 0.2) is 0 Å². The summed E-state index contributed by atoms with van der Waals surface area (Å²) in [5.74, 6) is 0. The quantitative estimate of drug-likeness (QED) is 0.583. The minimum Gasteiger partial charge on any atom is -0.383 e. The topological polar surface area (TPSA) is 70.7 Å². The Labute approximate surface area is 139 Å². The van der Waals surface area contributed by atoms with Crippen molar-refractivity contribution < 1.29 is 13.2 Å². The number of benzene rings is 1. The van der Waals surface area contributed by atoms with Crippen molar-refractivity contribution in [1.29, 1.82) is 0 Å². The van der Waals surface area contributed by atoms with Crippen molar-refractivity contribution in [1.82, 2.24) is 14.3 Å². The molecule has 0 atom stereocenters. The third-order valence-electron chi connectivity index (χ3n) is 2.96. The van der Waals surface area contributed by atoms with Crippen molar-refractivity contribution in [3.63, 3.8) is 0 Å². The average molecular weight is 352 g/mol. The van der Waals surface area contributed by atoms with Crippen LogP contribution < -0.4 is 10.0 Å². The van der Waals surface area contributed by atoms with E-state index in [-0.39, 0.29) is 12.4 Å². The highest BCUT2D eigenvalue weighted by Crippen LogP contribution is 2.07. The van der Waals surface area contributed by atoms with Gasteiger partial charge in [0.05, 0.1) is 6.61 Å². The molecule has 128 valence electrons. The molecule has 0 fully saturated rings. The van der Waals surface area contributed by atoms with E-state index in [1.807, 2.05) is 37.3 Å². The van der Waals surface area contributed by atoms with Crippen LogP contribution in [0.15, 0.2) is 30.3 Å². The second kappa shape index (κ2) is 11.8. The highest BCUT2D eigenvalue weighted by molar-refractivity contribution is 7.87. The number of rotatable bonds is 11. The molecule has 1 aromatic rings. The summed E-state index contributed by atoms with van der Waals surface area (Å²) >= 11 is 0. The molecule has 0 heterocycles. The Morgan fingerprint density at radius 3 is 2.41 bits per heavy atom. The van der Waals surface area contributed by atoms with Gasteiger partial charge < -0.3 is 10.1 Å². The average Bonchev–Trinajstić information content (AvgIpc) is 2.49. The van der Waals surface area contributed by atoms with Crippen molar-refractivity contribution in [2.24, 2.45) is 0 Å². The maximum absolute atomic E-state index is 12.2. The van der Waals surface area contributed by atoms with Gasteiger partial charge in [-0.3, -0.25) is 0 Å². The number of hydrogen-bond acceptors (Lipinski definition) is 4. The molecule has 0 unspecified atom stereocenters. The van der Waals surface area contributed by atoms with Crippen LogP contribution in [0, 0.1) is 0 Å². The molecular formula is C14H26ClN3O3S. The Morgan fingerprint density at radius 1 is 1.14 bits per heavy atom. The molecule has 0 saturated heterocycles. The van der Waals surface area contributed by atoms with Crippen molar-refractivity contribution >= 4 is 22.6 Å². The van der Waals surface area contributed by atoms with Gasteiger partial charge in [0.2, 0.25) is 0 Å². The Kier molecular flexibility index (Phi) is 11.4. The van der Waals surface area contributed by atoms with Crippen LogP contribution in [-0.4, -0.2) is 52.6 Å². The zero-order valence-corrected chi connectivity index (χ0v) is 14.8. The van der Waals surface area contributed by atoms with Crippen LogP contribution in [0.1, 0.15) is 12.5 Å². The monoisotopic (exact) mass is 351 g/mol. The second-order valence-electron chi connectivity index (χ2n) is 4.55. The molecular weight excluding hydrogens is 326 g/mol. The maximum Gasteiger partial charge on any atom is 0.279 e. The molecule has 0 bridgehead atoms. The van der Waals surface area contributed by atoms with E-state index in [1.165, 1.54) is 4.31 Å². The third kappa shape index (κ3) is 8.07. The van der Waals surface area contributed by atoms with Crippen LogP contribution in [-0.2, 0) is 21.5 Å². The molecule has 0 aliphatic carbocycles. The highest BCUT2D eigenvalue weighted by Gasteiger charge is 2.19. The number of ether oxygens (including phenoxy) is 1. The summed E-state index contributed by atoms with van der Waals surface area (Å²) in [7, 11) is -1.82. The van der Waals surface area contributed by atoms with Crippen LogP contribution >= 0.6 is 12.4 Å². The molecule has 1 rings (SSSR count). The lowest BCUT2D eigenvalue weighted by molar-refractivity contribution is 0.199. The molecule has 0 saturated carbocycles. The fraction of sp³-hybridized carbons (Fsp3) is 0.571. The molecule has 2 N–H and O–H groups in total. The number of nitrogens with zero attached hydrogens (tertiary/aromatic N) is 1. The first-order valence-corrected chi connectivity index (χ1v) is 8.52. The molecule has 0 aliphatic rings. The Morgan fingerprint density at radius 2 is 1.82 bits per heavy atom. The number of methoxy groups -OCH3 is 1. The third-order valence-corrected chi connectivity index (χ3v) is 4.60. The van der Waals surface area contributed by atoms with E-state index in [0.717, 1.165) is 5.56 Å². The Balaban J connectivity index is 0.00000441. The minimum atomic E-state index is -3.45. The van der Waals surface area contributed by atoms with Crippen molar-refractivity contribution in [3.8, 4) is 0 Å². The smallest absolute Gasteiger partial charge is 0.279 e. The van der Waals surface area contributed by atoms with Gasteiger partial charge >= 0.3 is 0 Å². The Bertz CT molecular complexity index is 485. The van der Waals surface area contributed by atoms with Crippen LogP contribution in [0.4, 0.5) is 0 Å². The number of nitrogens with one attached hydrogen (secondary N) is 2. The first-order valence-electron chi connectivity index (χ1n) is 7.08. The van der Waals surface area contributed by atoms with Gasteiger partial charge in [-0.25, -0.2) is 4.72 Å². The maximum atomic E-state index is 12.2. The van der Waals surface area contributed by atoms with Gasteiger partial charge in [-0.2, -0.15) is 12.7 Å². The first kappa shape index (κ1) is 21.3. The summed E-state index contributed by atoms with van der Waals surface area (Å²) in [6, 6.07) is 9.57. The predicted molar refractivity (Wildman–Crippen MR) is 91.4 cm³/mol. The SMILES string of the molecule is CCN(Cc1ccccc1)S(=O)(=O)NCCNCCOC.Cl. The molecule has 0 radical (unpaired) electrons. The zero-order chi connectivity index (χ0) is 15.6. The van der Waals surface area contributed by atoms with Crippen molar-refractivity contribution in [2.75, 3.05) is 39.9 Å². The van der Waals surface area contributed by atoms with E-state index in [0.29, 0.717) is 39.3 Å². The van der Waals surface area contributed by atoms with E-state index >= 15 is 0 Å². The first-order chi connectivity index (χ1) is 10.1. The predicted octanol–water partition coefficient (Wildman–Crippen LogP) is 1.00. The molecule has 6 nitrogen and oxygen atoms in total. The lowest BCUT2D eigenvalue weighted by atomic mass is 10.2. The largest absolute Gasteiger partial charge is 0.383 e. The zero-order valence-electron chi connectivity index (χ0n) is 13.1. The van der Waals surface area contributed by atoms with Gasteiger partial charge in [-0.15, -0.1) is 12.4 Å². The van der Waals surface area contributed by atoms with Crippen LogP contribution in [0.3, 0.4) is 0 Å². The molecule has 0 spiro atoms. The van der Waals surface area contributed by atoms with E-state index in [9.17, 15) is 8.42 Å². The number of halogens is 1. The highest BCUT2D eigenvalue weighted by atomic mass is 35.5. The molecule has 0 amide bonds. The van der Waals surface area contributed by atoms with Gasteiger partial charge in [0.1, 0.15) is 0 Å². The van der Waals surface area contributed by atoms with Crippen molar-refractivity contribution in [3.05, 3.63) is 35.9 Å². The molecule has 0 aliphatic heterocycles. The van der Waals surface area contributed by atoms with E-state index in [4.69, 9.17) is 4.74 Å². The van der Waals surface area contributed by atoms with Crippen LogP contribution in [0.2, 0.25) is 0 Å². The van der Waals surface area contributed by atoms with E-state index in [1.54, 1.807) is 7.11 Å². The summed E-state index contributed by atoms with van der Waals surface area (Å²) in [6.07, 6.45) is 0. The summed E-state index contributed by atoms with van der Waals surface area (Å²) in [5.41, 5.74) is 0.975. The van der Waals surface area contributed by atoms with Gasteiger partial charge in [-0.1, -0.05) is 37.3 Å². The number of hydrogen-bond donors (Lipinski definition) is 2. The van der Waals surface area contributed by atoms with E-state index in [2.05, 4.69) is 10.0 Å². The fourth-order valence-electron chi connectivity index (χ4n) is 1.81.